The molecule has 1 atom stereocenters. The van der Waals surface area contributed by atoms with Gasteiger partial charge >= 0.3 is 0 Å². The Kier molecular flexibility index (Phi) is 9.62. The molecule has 0 aromatic heterocycles. The Labute approximate surface area is 109 Å². The maximum Gasteiger partial charge on any atom is 0.135 e. The molecule has 0 heterocycles. The van der Waals surface area contributed by atoms with E-state index in [1.807, 2.05) is 35.4 Å². The average molecular weight is 262 g/mol. The lowest BCUT2D eigenvalue weighted by molar-refractivity contribution is -0.121. The molecule has 0 aliphatic heterocycles. The van der Waals surface area contributed by atoms with E-state index in [0.717, 1.165) is 18.8 Å². The van der Waals surface area contributed by atoms with E-state index in [2.05, 4.69) is 20.8 Å². The lowest BCUT2D eigenvalue weighted by Gasteiger charge is -2.11. The lowest BCUT2D eigenvalue weighted by Crippen LogP contribution is -2.09. The first kappa shape index (κ1) is 16.4. The highest BCUT2D eigenvalue weighted by Crippen LogP contribution is 2.30. The fourth-order valence-corrected chi connectivity index (χ4v) is 3.80. The van der Waals surface area contributed by atoms with Crippen molar-refractivity contribution in [2.24, 2.45) is 11.8 Å². The van der Waals surface area contributed by atoms with Crippen LogP contribution in [0.15, 0.2) is 0 Å². The molecule has 3 heteroatoms. The van der Waals surface area contributed by atoms with E-state index >= 15 is 0 Å². The van der Waals surface area contributed by atoms with E-state index in [1.54, 1.807) is 0 Å². The first-order chi connectivity index (χ1) is 7.43. The molecule has 1 unspecified atom stereocenters. The molecule has 0 aromatic carbocycles. The van der Waals surface area contributed by atoms with Crippen molar-refractivity contribution in [3.8, 4) is 0 Å². The third-order valence-electron chi connectivity index (χ3n) is 2.45. The Morgan fingerprint density at radius 1 is 1.06 bits per heavy atom. The summed E-state index contributed by atoms with van der Waals surface area (Å²) in [6.07, 6.45) is 3.06. The van der Waals surface area contributed by atoms with Crippen LogP contribution in [0.25, 0.3) is 0 Å². The van der Waals surface area contributed by atoms with Crippen molar-refractivity contribution in [3.05, 3.63) is 0 Å². The van der Waals surface area contributed by atoms with Gasteiger partial charge in [-0.15, -0.1) is 0 Å². The van der Waals surface area contributed by atoms with Crippen molar-refractivity contribution in [2.75, 3.05) is 5.75 Å². The minimum atomic E-state index is 0.200. The lowest BCUT2D eigenvalue weighted by atomic mass is 10.0. The van der Waals surface area contributed by atoms with Crippen LogP contribution in [0.2, 0.25) is 0 Å². The fourth-order valence-electron chi connectivity index (χ4n) is 1.13. The molecule has 0 N–H and O–H groups in total. The van der Waals surface area contributed by atoms with Crippen LogP contribution in [-0.2, 0) is 4.79 Å². The maximum atomic E-state index is 11.5. The standard InChI is InChI=1S/C13H26OS2/c1-10(2)8-9-15-16-12(5)6-7-13(14)11(3)4/h10-12H,6-9H2,1-5H3. The van der Waals surface area contributed by atoms with Gasteiger partial charge in [0, 0.05) is 23.3 Å². The zero-order valence-corrected chi connectivity index (χ0v) is 12.9. The SMILES string of the molecule is CC(C)CCSSC(C)CCC(=O)C(C)C. The van der Waals surface area contributed by atoms with Gasteiger partial charge < -0.3 is 0 Å². The van der Waals surface area contributed by atoms with Gasteiger partial charge in [0.1, 0.15) is 5.78 Å². The number of carbonyl (C=O) groups excluding carboxylic acids is 1. The van der Waals surface area contributed by atoms with Crippen LogP contribution in [0.5, 0.6) is 0 Å². The summed E-state index contributed by atoms with van der Waals surface area (Å²) in [5, 5.41) is 0.597. The predicted octanol–water partition coefficient (Wildman–Crippen LogP) is 4.81. The van der Waals surface area contributed by atoms with Gasteiger partial charge in [-0.2, -0.15) is 0 Å². The first-order valence-electron chi connectivity index (χ1n) is 6.24. The van der Waals surface area contributed by atoms with E-state index in [4.69, 9.17) is 0 Å². The van der Waals surface area contributed by atoms with Crippen molar-refractivity contribution in [2.45, 2.75) is 59.1 Å². The van der Waals surface area contributed by atoms with Crippen molar-refractivity contribution >= 4 is 27.4 Å². The minimum absolute atomic E-state index is 0.200. The summed E-state index contributed by atoms with van der Waals surface area (Å²) in [6.45, 7) is 10.7. The van der Waals surface area contributed by atoms with Gasteiger partial charge in [0.15, 0.2) is 0 Å². The van der Waals surface area contributed by atoms with E-state index < -0.39 is 0 Å². The van der Waals surface area contributed by atoms with Gasteiger partial charge in [0.2, 0.25) is 0 Å². The molecule has 0 rings (SSSR count). The number of rotatable bonds is 9. The molecule has 0 saturated carbocycles. The summed E-state index contributed by atoms with van der Waals surface area (Å²) in [6, 6.07) is 0. The van der Waals surface area contributed by atoms with Crippen LogP contribution in [-0.4, -0.2) is 16.8 Å². The normalized spacial score (nSPS) is 13.4. The molecule has 0 aliphatic carbocycles. The molecule has 0 fully saturated rings. The fraction of sp³-hybridized carbons (Fsp3) is 0.923. The van der Waals surface area contributed by atoms with Crippen LogP contribution >= 0.6 is 21.6 Å². The number of Topliss-reactive ketones (excluding diaryl/α,β-unsaturated/α-hetero) is 1. The van der Waals surface area contributed by atoms with Crippen molar-refractivity contribution in [1.82, 2.24) is 0 Å². The number of ketones is 1. The van der Waals surface area contributed by atoms with Crippen molar-refractivity contribution in [3.63, 3.8) is 0 Å². The van der Waals surface area contributed by atoms with E-state index in [-0.39, 0.29) is 5.92 Å². The number of hydrogen-bond donors (Lipinski definition) is 0. The van der Waals surface area contributed by atoms with Crippen LogP contribution in [0, 0.1) is 11.8 Å². The Bertz CT molecular complexity index is 190. The quantitative estimate of drug-likeness (QED) is 0.438. The molecule has 0 aliphatic rings. The molecule has 0 aromatic rings. The van der Waals surface area contributed by atoms with E-state index in [1.165, 1.54) is 12.2 Å². The van der Waals surface area contributed by atoms with Crippen molar-refractivity contribution in [1.29, 1.82) is 0 Å². The van der Waals surface area contributed by atoms with E-state index in [0.29, 0.717) is 11.0 Å². The largest absolute Gasteiger partial charge is 0.299 e. The smallest absolute Gasteiger partial charge is 0.135 e. The molecule has 0 saturated heterocycles. The van der Waals surface area contributed by atoms with Gasteiger partial charge in [-0.1, -0.05) is 56.2 Å². The summed E-state index contributed by atoms with van der Waals surface area (Å²) in [5.41, 5.74) is 0. The monoisotopic (exact) mass is 262 g/mol. The summed E-state index contributed by atoms with van der Waals surface area (Å²) in [7, 11) is 3.89. The van der Waals surface area contributed by atoms with E-state index in [9.17, 15) is 4.79 Å². The van der Waals surface area contributed by atoms with Crippen LogP contribution < -0.4 is 0 Å². The van der Waals surface area contributed by atoms with Crippen molar-refractivity contribution < 1.29 is 4.79 Å². The van der Waals surface area contributed by atoms with Gasteiger partial charge in [0.05, 0.1) is 0 Å². The molecule has 0 bridgehead atoms. The Morgan fingerprint density at radius 2 is 1.69 bits per heavy atom. The van der Waals surface area contributed by atoms with Gasteiger partial charge in [0.25, 0.3) is 0 Å². The van der Waals surface area contributed by atoms with Gasteiger partial charge in [-0.05, 0) is 18.8 Å². The first-order valence-corrected chi connectivity index (χ1v) is 8.62. The minimum Gasteiger partial charge on any atom is -0.299 e. The molecular weight excluding hydrogens is 236 g/mol. The zero-order valence-electron chi connectivity index (χ0n) is 11.3. The van der Waals surface area contributed by atoms with Crippen LogP contribution in [0.4, 0.5) is 0 Å². The third-order valence-corrected chi connectivity index (χ3v) is 5.45. The summed E-state index contributed by atoms with van der Waals surface area (Å²) < 4.78 is 0. The summed E-state index contributed by atoms with van der Waals surface area (Å²) >= 11 is 0. The maximum absolute atomic E-state index is 11.5. The average Bonchev–Trinajstić information content (AvgIpc) is 2.20. The second kappa shape index (κ2) is 9.41. The molecule has 0 spiro atoms. The van der Waals surface area contributed by atoms with Gasteiger partial charge in [-0.3, -0.25) is 4.79 Å². The predicted molar refractivity (Wildman–Crippen MR) is 78.0 cm³/mol. The topological polar surface area (TPSA) is 17.1 Å². The van der Waals surface area contributed by atoms with Crippen LogP contribution in [0.1, 0.15) is 53.9 Å². The molecule has 1 nitrogen and oxygen atoms in total. The second-order valence-corrected chi connectivity index (χ2v) is 8.00. The second-order valence-electron chi connectivity index (χ2n) is 5.07. The third kappa shape index (κ3) is 9.59. The molecule has 0 amide bonds. The highest BCUT2D eigenvalue weighted by atomic mass is 33.1. The van der Waals surface area contributed by atoms with Crippen LogP contribution in [0.3, 0.4) is 0 Å². The Morgan fingerprint density at radius 3 is 2.19 bits per heavy atom. The molecular formula is C13H26OS2. The molecule has 0 radical (unpaired) electrons. The Hall–Kier alpha value is 0.370. The number of hydrogen-bond acceptors (Lipinski definition) is 3. The highest BCUT2D eigenvalue weighted by molar-refractivity contribution is 8.76. The Balaban J connectivity index is 3.44. The summed E-state index contributed by atoms with van der Waals surface area (Å²) in [4.78, 5) is 11.5. The molecule has 16 heavy (non-hydrogen) atoms. The summed E-state index contributed by atoms with van der Waals surface area (Å²) in [5.74, 6) is 2.63. The highest BCUT2D eigenvalue weighted by Gasteiger charge is 2.10. The van der Waals surface area contributed by atoms with Gasteiger partial charge in [-0.25, -0.2) is 0 Å². The number of carbonyl (C=O) groups is 1. The zero-order chi connectivity index (χ0) is 12.6. The molecule has 96 valence electrons.